The summed E-state index contributed by atoms with van der Waals surface area (Å²) in [6.45, 7) is 1.03. The number of thiophene rings is 1. The van der Waals surface area contributed by atoms with E-state index in [1.54, 1.807) is 15.8 Å². The fourth-order valence-electron chi connectivity index (χ4n) is 3.85. The third kappa shape index (κ3) is 5.48. The molecule has 1 amide bonds. The highest BCUT2D eigenvalue weighted by atomic mass is 32.1. The Morgan fingerprint density at radius 2 is 1.85 bits per heavy atom. The average Bonchev–Trinajstić information content (AvgIpc) is 3.53. The molecule has 1 aliphatic heterocycles. The molecule has 4 rings (SSSR count). The molecule has 0 bridgehead atoms. The Morgan fingerprint density at radius 1 is 1.09 bits per heavy atom. The van der Waals surface area contributed by atoms with Gasteiger partial charge in [0, 0.05) is 19.3 Å². The highest BCUT2D eigenvalue weighted by molar-refractivity contribution is 7.13. The van der Waals surface area contributed by atoms with E-state index in [4.69, 9.17) is 9.47 Å². The largest absolute Gasteiger partial charge is 0.469 e. The summed E-state index contributed by atoms with van der Waals surface area (Å²) in [6, 6.07) is 13.6. The number of carbonyl (C=O) groups excluding carboxylic acids is 3. The molecule has 1 aliphatic rings. The smallest absolute Gasteiger partial charge is 0.342 e. The Balaban J connectivity index is 1.41. The summed E-state index contributed by atoms with van der Waals surface area (Å²) in [5.41, 5.74) is 1.92. The molecular weight excluding hydrogens is 442 g/mol. The Labute approximate surface area is 195 Å². The van der Waals surface area contributed by atoms with E-state index in [2.05, 4.69) is 5.10 Å². The van der Waals surface area contributed by atoms with E-state index >= 15 is 0 Å². The fourth-order valence-corrected chi connectivity index (χ4v) is 4.57. The van der Waals surface area contributed by atoms with Crippen LogP contribution >= 0.6 is 11.3 Å². The lowest BCUT2D eigenvalue weighted by Gasteiger charge is -2.30. The van der Waals surface area contributed by atoms with Crippen LogP contribution in [0.1, 0.15) is 28.8 Å². The molecule has 0 radical (unpaired) electrons. The number of esters is 2. The lowest BCUT2D eigenvalue weighted by atomic mass is 9.97. The fraction of sp³-hybridized carbons (Fsp3) is 0.333. The van der Waals surface area contributed by atoms with Crippen molar-refractivity contribution in [3.63, 3.8) is 0 Å². The number of hydrogen-bond donors (Lipinski definition) is 0. The first-order valence-electron chi connectivity index (χ1n) is 10.7. The summed E-state index contributed by atoms with van der Waals surface area (Å²) in [7, 11) is 1.37. The van der Waals surface area contributed by atoms with Gasteiger partial charge in [0.15, 0.2) is 6.61 Å². The minimum absolute atomic E-state index is 0.189. The van der Waals surface area contributed by atoms with Crippen molar-refractivity contribution in [2.24, 2.45) is 5.92 Å². The van der Waals surface area contributed by atoms with Crippen LogP contribution in [0.2, 0.25) is 0 Å². The molecule has 0 N–H and O–H groups in total. The molecule has 1 saturated heterocycles. The number of aromatic nitrogens is 2. The number of rotatable bonds is 7. The van der Waals surface area contributed by atoms with E-state index < -0.39 is 5.97 Å². The number of piperidine rings is 1. The number of ether oxygens (including phenoxy) is 2. The molecule has 0 aliphatic carbocycles. The van der Waals surface area contributed by atoms with E-state index in [9.17, 15) is 14.4 Å². The number of amides is 1. The van der Waals surface area contributed by atoms with Crippen molar-refractivity contribution in [2.45, 2.75) is 19.4 Å². The van der Waals surface area contributed by atoms with Crippen molar-refractivity contribution in [3.8, 4) is 10.6 Å². The Morgan fingerprint density at radius 3 is 2.52 bits per heavy atom. The molecule has 1 aromatic carbocycles. The van der Waals surface area contributed by atoms with Crippen LogP contribution in [0.4, 0.5) is 0 Å². The van der Waals surface area contributed by atoms with Gasteiger partial charge in [0.1, 0.15) is 11.3 Å². The van der Waals surface area contributed by atoms with E-state index in [1.807, 2.05) is 47.8 Å². The number of benzene rings is 1. The lowest BCUT2D eigenvalue weighted by molar-refractivity contribution is -0.149. The molecule has 0 atom stereocenters. The summed E-state index contributed by atoms with van der Waals surface area (Å²) < 4.78 is 11.9. The van der Waals surface area contributed by atoms with Crippen molar-refractivity contribution in [2.75, 3.05) is 26.8 Å². The van der Waals surface area contributed by atoms with Crippen molar-refractivity contribution >= 4 is 29.2 Å². The highest BCUT2D eigenvalue weighted by Crippen LogP contribution is 2.27. The van der Waals surface area contributed by atoms with E-state index in [0.29, 0.717) is 43.7 Å². The SMILES string of the molecule is COC(=O)C1CCN(C(=O)COC(=O)c2cn(Cc3ccccc3)nc2-c2cccs2)CC1. The number of hydrogen-bond acceptors (Lipinski definition) is 7. The van der Waals surface area contributed by atoms with Gasteiger partial charge in [0.2, 0.25) is 0 Å². The third-order valence-electron chi connectivity index (χ3n) is 5.63. The monoisotopic (exact) mass is 467 g/mol. The highest BCUT2D eigenvalue weighted by Gasteiger charge is 2.29. The van der Waals surface area contributed by atoms with Gasteiger partial charge < -0.3 is 14.4 Å². The van der Waals surface area contributed by atoms with Crippen molar-refractivity contribution in [3.05, 3.63) is 65.2 Å². The molecule has 0 saturated carbocycles. The number of likely N-dealkylation sites (tertiary alicyclic amines) is 1. The predicted octanol–water partition coefficient (Wildman–Crippen LogP) is 3.23. The van der Waals surface area contributed by atoms with E-state index in [1.165, 1.54) is 18.4 Å². The van der Waals surface area contributed by atoms with E-state index in [-0.39, 0.29) is 24.4 Å². The van der Waals surface area contributed by atoms with Crippen LogP contribution in [0.25, 0.3) is 10.6 Å². The van der Waals surface area contributed by atoms with Crippen LogP contribution in [0.5, 0.6) is 0 Å². The topological polar surface area (TPSA) is 90.7 Å². The number of carbonyl (C=O) groups is 3. The molecule has 3 aromatic rings. The molecule has 8 nitrogen and oxygen atoms in total. The third-order valence-corrected chi connectivity index (χ3v) is 6.51. The summed E-state index contributed by atoms with van der Waals surface area (Å²) in [5, 5.41) is 6.52. The zero-order chi connectivity index (χ0) is 23.2. The van der Waals surface area contributed by atoms with Gasteiger partial charge in [-0.3, -0.25) is 14.3 Å². The Bertz CT molecular complexity index is 1100. The van der Waals surface area contributed by atoms with Gasteiger partial charge in [-0.1, -0.05) is 36.4 Å². The van der Waals surface area contributed by atoms with Crippen LogP contribution in [-0.4, -0.2) is 59.3 Å². The number of nitrogens with zero attached hydrogens (tertiary/aromatic N) is 3. The first-order chi connectivity index (χ1) is 16.0. The maximum absolute atomic E-state index is 12.9. The quantitative estimate of drug-likeness (QED) is 0.496. The molecule has 0 unspecified atom stereocenters. The first-order valence-corrected chi connectivity index (χ1v) is 11.6. The second kappa shape index (κ2) is 10.4. The second-order valence-electron chi connectivity index (χ2n) is 7.81. The zero-order valence-electron chi connectivity index (χ0n) is 18.3. The molecule has 172 valence electrons. The second-order valence-corrected chi connectivity index (χ2v) is 8.75. The van der Waals surface area contributed by atoms with Gasteiger partial charge in [0.05, 0.1) is 24.4 Å². The van der Waals surface area contributed by atoms with Crippen LogP contribution in [0.15, 0.2) is 54.0 Å². The van der Waals surface area contributed by atoms with Gasteiger partial charge >= 0.3 is 11.9 Å². The van der Waals surface area contributed by atoms with Gasteiger partial charge in [-0.05, 0) is 29.9 Å². The van der Waals surface area contributed by atoms with Gasteiger partial charge in [-0.2, -0.15) is 5.10 Å². The molecule has 2 aromatic heterocycles. The van der Waals surface area contributed by atoms with Crippen molar-refractivity contribution in [1.29, 1.82) is 0 Å². The van der Waals surface area contributed by atoms with Crippen LogP contribution < -0.4 is 0 Å². The molecule has 1 fully saturated rings. The van der Waals surface area contributed by atoms with Crippen LogP contribution in [0.3, 0.4) is 0 Å². The van der Waals surface area contributed by atoms with Gasteiger partial charge in [-0.25, -0.2) is 4.79 Å². The summed E-state index contributed by atoms with van der Waals surface area (Å²) in [6.07, 6.45) is 2.75. The van der Waals surface area contributed by atoms with Crippen molar-refractivity contribution in [1.82, 2.24) is 14.7 Å². The predicted molar refractivity (Wildman–Crippen MR) is 123 cm³/mol. The zero-order valence-corrected chi connectivity index (χ0v) is 19.1. The van der Waals surface area contributed by atoms with E-state index in [0.717, 1.165) is 10.4 Å². The standard InChI is InChI=1S/C24H25N3O5S/c1-31-23(29)18-9-11-26(12-10-18)21(28)16-32-24(30)19-15-27(14-17-6-3-2-4-7-17)25-22(19)20-8-5-13-33-20/h2-8,13,15,18H,9-12,14,16H2,1H3. The van der Waals surface area contributed by atoms with Crippen LogP contribution in [0, 0.1) is 5.92 Å². The van der Waals surface area contributed by atoms with Gasteiger partial charge in [-0.15, -0.1) is 11.3 Å². The first kappa shape index (κ1) is 22.7. The summed E-state index contributed by atoms with van der Waals surface area (Å²) >= 11 is 1.48. The molecule has 0 spiro atoms. The van der Waals surface area contributed by atoms with Gasteiger partial charge in [0.25, 0.3) is 5.91 Å². The molecule has 9 heteroatoms. The Hall–Kier alpha value is -3.46. The Kier molecular flexibility index (Phi) is 7.19. The van der Waals surface area contributed by atoms with Crippen molar-refractivity contribution < 1.29 is 23.9 Å². The maximum atomic E-state index is 12.9. The minimum atomic E-state index is -0.587. The summed E-state index contributed by atoms with van der Waals surface area (Å²) in [5.74, 6) is -1.30. The maximum Gasteiger partial charge on any atom is 0.342 e. The number of methoxy groups -OCH3 is 1. The van der Waals surface area contributed by atoms with Crippen LogP contribution in [-0.2, 0) is 25.6 Å². The lowest BCUT2D eigenvalue weighted by Crippen LogP contribution is -2.42. The average molecular weight is 468 g/mol. The molecular formula is C24H25N3O5S. The molecule has 33 heavy (non-hydrogen) atoms. The summed E-state index contributed by atoms with van der Waals surface area (Å²) in [4.78, 5) is 39.6. The molecule has 3 heterocycles. The normalized spacial score (nSPS) is 14.2. The minimum Gasteiger partial charge on any atom is -0.469 e.